The Morgan fingerprint density at radius 3 is 2.29 bits per heavy atom. The van der Waals surface area contributed by atoms with Gasteiger partial charge in [0.05, 0.1) is 0 Å². The zero-order valence-corrected chi connectivity index (χ0v) is 15.1. The molecule has 5 heteroatoms. The molecular formula is C19H21Cl2NO2. The number of ketones is 1. The van der Waals surface area contributed by atoms with Gasteiger partial charge in [0.25, 0.3) is 0 Å². The summed E-state index contributed by atoms with van der Waals surface area (Å²) in [5.74, 6) is 1.95. The zero-order chi connectivity index (χ0) is 17.1. The number of anilines is 1. The van der Waals surface area contributed by atoms with Crippen molar-refractivity contribution in [3.05, 3.63) is 29.8 Å². The summed E-state index contributed by atoms with van der Waals surface area (Å²) in [7, 11) is 0. The Bertz CT molecular complexity index is 680. The fraction of sp³-hybridized carbons (Fsp3) is 0.579. The molecule has 1 aromatic carbocycles. The molecule has 0 radical (unpaired) electrons. The molecule has 0 saturated heterocycles. The summed E-state index contributed by atoms with van der Waals surface area (Å²) in [4.78, 5) is 24.1. The summed E-state index contributed by atoms with van der Waals surface area (Å²) in [6.45, 7) is 1.53. The first-order chi connectivity index (χ1) is 11.4. The number of rotatable bonds is 3. The number of carbonyl (C=O) groups is 2. The Morgan fingerprint density at radius 2 is 1.71 bits per heavy atom. The van der Waals surface area contributed by atoms with E-state index in [-0.39, 0.29) is 17.6 Å². The van der Waals surface area contributed by atoms with Crippen LogP contribution in [0.1, 0.15) is 43.0 Å². The van der Waals surface area contributed by atoms with Crippen molar-refractivity contribution in [2.45, 2.75) is 36.9 Å². The van der Waals surface area contributed by atoms with Crippen LogP contribution in [0.4, 0.5) is 5.69 Å². The second-order valence-corrected chi connectivity index (χ2v) is 8.97. The van der Waals surface area contributed by atoms with Crippen molar-refractivity contribution in [2.75, 3.05) is 5.32 Å². The topological polar surface area (TPSA) is 46.2 Å². The third-order valence-corrected chi connectivity index (χ3v) is 7.28. The van der Waals surface area contributed by atoms with Crippen LogP contribution >= 0.6 is 23.2 Å². The molecule has 24 heavy (non-hydrogen) atoms. The van der Waals surface area contributed by atoms with Crippen LogP contribution in [0.15, 0.2) is 24.3 Å². The highest BCUT2D eigenvalue weighted by molar-refractivity contribution is 6.51. The average molecular weight is 366 g/mol. The number of alkyl halides is 2. The van der Waals surface area contributed by atoms with Gasteiger partial charge in [-0.15, -0.1) is 23.2 Å². The highest BCUT2D eigenvalue weighted by Gasteiger charge is 2.65. The fourth-order valence-corrected chi connectivity index (χ4v) is 5.57. The number of hydrogen-bond donors (Lipinski definition) is 1. The van der Waals surface area contributed by atoms with Crippen molar-refractivity contribution in [1.82, 2.24) is 0 Å². The van der Waals surface area contributed by atoms with E-state index in [0.717, 1.165) is 25.7 Å². The van der Waals surface area contributed by atoms with E-state index in [9.17, 15) is 9.59 Å². The molecule has 0 spiro atoms. The molecule has 1 N–H and O–H groups in total. The van der Waals surface area contributed by atoms with Gasteiger partial charge < -0.3 is 5.32 Å². The monoisotopic (exact) mass is 365 g/mol. The highest BCUT2D eigenvalue weighted by Crippen LogP contribution is 2.67. The maximum atomic E-state index is 12.6. The number of fused-ring (bicyclic) bond motifs is 2. The van der Waals surface area contributed by atoms with Crippen LogP contribution in [0, 0.1) is 29.6 Å². The van der Waals surface area contributed by atoms with E-state index in [1.807, 2.05) is 6.07 Å². The summed E-state index contributed by atoms with van der Waals surface area (Å²) in [5, 5.41) is 2.99. The predicted molar refractivity (Wildman–Crippen MR) is 95.4 cm³/mol. The van der Waals surface area contributed by atoms with Gasteiger partial charge in [0.2, 0.25) is 5.91 Å². The fourth-order valence-electron chi connectivity index (χ4n) is 4.65. The van der Waals surface area contributed by atoms with Crippen molar-refractivity contribution in [3.8, 4) is 0 Å². The normalized spacial score (nSPS) is 35.7. The minimum atomic E-state index is -0.512. The molecule has 3 aliphatic carbocycles. The number of nitrogens with one attached hydrogen (secondary N) is 1. The Balaban J connectivity index is 1.39. The number of Topliss-reactive ketones (excluding diaryl/α,β-unsaturated/α-hetero) is 1. The molecule has 3 nitrogen and oxygen atoms in total. The van der Waals surface area contributed by atoms with Gasteiger partial charge in [0.15, 0.2) is 5.78 Å². The molecule has 1 aromatic rings. The first-order valence-electron chi connectivity index (χ1n) is 8.69. The third kappa shape index (κ3) is 2.76. The Hall–Kier alpha value is -1.06. The Morgan fingerprint density at radius 1 is 1.08 bits per heavy atom. The lowest BCUT2D eigenvalue weighted by Gasteiger charge is -2.06. The number of halogens is 2. The zero-order valence-electron chi connectivity index (χ0n) is 13.6. The first-order valence-corrected chi connectivity index (χ1v) is 9.45. The number of amides is 1. The first kappa shape index (κ1) is 16.4. The number of benzene rings is 1. The molecule has 0 heterocycles. The second-order valence-electron chi connectivity index (χ2n) is 7.52. The number of carbonyl (C=O) groups excluding carboxylic acids is 2. The van der Waals surface area contributed by atoms with Gasteiger partial charge in [0, 0.05) is 17.2 Å². The maximum absolute atomic E-state index is 12.6. The third-order valence-electron chi connectivity index (χ3n) is 6.16. The lowest BCUT2D eigenvalue weighted by atomic mass is 10.0. The molecule has 128 valence electrons. The SMILES string of the molecule is CC(=O)c1cccc(NC(=O)C2[C@@H]3CC[C@@H]4[C@@H](CC[C@@H]23)C4(Cl)Cl)c1. The molecular weight excluding hydrogens is 345 g/mol. The highest BCUT2D eigenvalue weighted by atomic mass is 35.5. The van der Waals surface area contributed by atoms with Gasteiger partial charge in [-0.25, -0.2) is 0 Å². The van der Waals surface area contributed by atoms with E-state index in [1.54, 1.807) is 18.2 Å². The van der Waals surface area contributed by atoms with Crippen LogP contribution in [0.25, 0.3) is 0 Å². The number of hydrogen-bond acceptors (Lipinski definition) is 2. The molecule has 0 unspecified atom stereocenters. The quantitative estimate of drug-likeness (QED) is 0.624. The van der Waals surface area contributed by atoms with Crippen molar-refractivity contribution >= 4 is 40.6 Å². The average Bonchev–Trinajstić information content (AvgIpc) is 3.32. The van der Waals surface area contributed by atoms with Gasteiger partial charge in [0.1, 0.15) is 4.33 Å². The second kappa shape index (κ2) is 5.74. The lowest BCUT2D eigenvalue weighted by Crippen LogP contribution is -2.16. The van der Waals surface area contributed by atoms with Crippen LogP contribution in [-0.4, -0.2) is 16.0 Å². The summed E-state index contributed by atoms with van der Waals surface area (Å²) < 4.78 is -0.512. The van der Waals surface area contributed by atoms with Crippen LogP contribution in [-0.2, 0) is 4.79 Å². The smallest absolute Gasteiger partial charge is 0.228 e. The van der Waals surface area contributed by atoms with Crippen molar-refractivity contribution < 1.29 is 9.59 Å². The van der Waals surface area contributed by atoms with E-state index in [2.05, 4.69) is 5.32 Å². The molecule has 0 aliphatic heterocycles. The Labute approximate surface area is 152 Å². The van der Waals surface area contributed by atoms with Crippen molar-refractivity contribution in [2.24, 2.45) is 29.6 Å². The van der Waals surface area contributed by atoms with E-state index in [0.29, 0.717) is 34.9 Å². The van der Waals surface area contributed by atoms with Crippen LogP contribution in [0.2, 0.25) is 0 Å². The largest absolute Gasteiger partial charge is 0.326 e. The van der Waals surface area contributed by atoms with Crippen LogP contribution < -0.4 is 5.32 Å². The molecule has 1 amide bonds. The van der Waals surface area contributed by atoms with Crippen molar-refractivity contribution in [1.29, 1.82) is 0 Å². The minimum absolute atomic E-state index is 0.00373. The van der Waals surface area contributed by atoms with E-state index in [1.165, 1.54) is 6.92 Å². The van der Waals surface area contributed by atoms with E-state index < -0.39 is 4.33 Å². The lowest BCUT2D eigenvalue weighted by molar-refractivity contribution is -0.117. The van der Waals surface area contributed by atoms with Gasteiger partial charge >= 0.3 is 0 Å². The van der Waals surface area contributed by atoms with Crippen LogP contribution in [0.3, 0.4) is 0 Å². The van der Waals surface area contributed by atoms with Crippen molar-refractivity contribution in [3.63, 3.8) is 0 Å². The molecule has 0 bridgehead atoms. The standard InChI is InChI=1S/C19H21Cl2NO2/c1-10(23)11-3-2-4-12(9-11)22-18(24)17-13-5-7-15-16(19(15,20)21)8-6-14(13)17/h2-4,9,13-17H,5-8H2,1H3,(H,22,24)/t13-,14-,15-,16-/m1/s1. The van der Waals surface area contributed by atoms with E-state index in [4.69, 9.17) is 23.2 Å². The summed E-state index contributed by atoms with van der Waals surface area (Å²) >= 11 is 12.7. The molecule has 3 aliphatic rings. The molecule has 3 saturated carbocycles. The van der Waals surface area contributed by atoms with Gasteiger partial charge in [-0.3, -0.25) is 9.59 Å². The molecule has 0 aromatic heterocycles. The van der Waals surface area contributed by atoms with E-state index >= 15 is 0 Å². The maximum Gasteiger partial charge on any atom is 0.228 e. The summed E-state index contributed by atoms with van der Waals surface area (Å²) in [5.41, 5.74) is 1.32. The van der Waals surface area contributed by atoms with Gasteiger partial charge in [-0.2, -0.15) is 0 Å². The molecule has 3 fully saturated rings. The van der Waals surface area contributed by atoms with Gasteiger partial charge in [-0.1, -0.05) is 12.1 Å². The summed E-state index contributed by atoms with van der Waals surface area (Å²) in [6.07, 6.45) is 4.14. The Kier molecular flexibility index (Phi) is 3.92. The summed E-state index contributed by atoms with van der Waals surface area (Å²) in [6, 6.07) is 7.14. The van der Waals surface area contributed by atoms with Crippen LogP contribution in [0.5, 0.6) is 0 Å². The van der Waals surface area contributed by atoms with Gasteiger partial charge in [-0.05, 0) is 68.4 Å². The minimum Gasteiger partial charge on any atom is -0.326 e. The molecule has 4 atom stereocenters. The molecule has 4 rings (SSSR count). The predicted octanol–water partition coefficient (Wildman–Crippen LogP) is 4.68.